The van der Waals surface area contributed by atoms with Gasteiger partial charge in [0.25, 0.3) is 0 Å². The summed E-state index contributed by atoms with van der Waals surface area (Å²) < 4.78 is 0. The fraction of sp³-hybridized carbons (Fsp3) is 0. The molecule has 0 heterocycles. The number of amides is 4. The SMILES string of the molecule is O=C(NNC(=S)NNC(=O)Nc1ccccc1)Nc1ccccc1. The Morgan fingerprint density at radius 1 is 0.625 bits per heavy atom. The zero-order valence-electron chi connectivity index (χ0n) is 12.5. The zero-order valence-corrected chi connectivity index (χ0v) is 13.3. The fourth-order valence-electron chi connectivity index (χ4n) is 1.63. The number of hydrogen-bond acceptors (Lipinski definition) is 3. The van der Waals surface area contributed by atoms with Gasteiger partial charge in [-0.1, -0.05) is 36.4 Å². The van der Waals surface area contributed by atoms with Crippen LogP contribution in [-0.4, -0.2) is 17.2 Å². The van der Waals surface area contributed by atoms with Gasteiger partial charge in [0, 0.05) is 11.4 Å². The molecule has 0 bridgehead atoms. The Kier molecular flexibility index (Phi) is 6.35. The standard InChI is InChI=1S/C15H16N6O2S/c22-13(16-11-7-3-1-4-8-11)18-20-15(24)21-19-14(23)17-12-9-5-2-6-10-12/h1-10H,(H2,16,18,22)(H2,17,19,23)(H2,20,21,24). The highest BCUT2D eigenvalue weighted by molar-refractivity contribution is 7.80. The van der Waals surface area contributed by atoms with E-state index in [1.54, 1.807) is 48.5 Å². The minimum Gasteiger partial charge on any atom is -0.307 e. The number of urea groups is 2. The zero-order chi connectivity index (χ0) is 17.2. The first kappa shape index (κ1) is 17.0. The van der Waals surface area contributed by atoms with E-state index in [-0.39, 0.29) is 5.11 Å². The lowest BCUT2D eigenvalue weighted by molar-refractivity contribution is 0.250. The molecule has 6 N–H and O–H groups in total. The minimum atomic E-state index is -0.501. The van der Waals surface area contributed by atoms with Gasteiger partial charge in [-0.05, 0) is 36.5 Å². The average Bonchev–Trinajstić information content (AvgIpc) is 2.60. The van der Waals surface area contributed by atoms with Gasteiger partial charge in [-0.2, -0.15) is 0 Å². The Hall–Kier alpha value is -3.33. The number of nitrogens with one attached hydrogen (secondary N) is 6. The molecule has 124 valence electrons. The van der Waals surface area contributed by atoms with E-state index in [2.05, 4.69) is 32.3 Å². The summed E-state index contributed by atoms with van der Waals surface area (Å²) in [4.78, 5) is 23.2. The van der Waals surface area contributed by atoms with Gasteiger partial charge in [-0.25, -0.2) is 20.4 Å². The van der Waals surface area contributed by atoms with Gasteiger partial charge >= 0.3 is 12.1 Å². The molecule has 0 fully saturated rings. The van der Waals surface area contributed by atoms with Gasteiger partial charge in [-0.3, -0.25) is 10.9 Å². The van der Waals surface area contributed by atoms with Crippen LogP contribution in [0.4, 0.5) is 21.0 Å². The van der Waals surface area contributed by atoms with Gasteiger partial charge in [0.15, 0.2) is 0 Å². The Morgan fingerprint density at radius 3 is 1.38 bits per heavy atom. The summed E-state index contributed by atoms with van der Waals surface area (Å²) in [5, 5.41) is 5.21. The van der Waals surface area contributed by atoms with Crippen LogP contribution in [0.5, 0.6) is 0 Å². The summed E-state index contributed by atoms with van der Waals surface area (Å²) in [7, 11) is 0. The van der Waals surface area contributed by atoms with Crippen molar-refractivity contribution in [1.29, 1.82) is 0 Å². The second-order valence-corrected chi connectivity index (χ2v) is 4.88. The van der Waals surface area contributed by atoms with E-state index in [0.717, 1.165) is 0 Å². The maximum atomic E-state index is 11.6. The molecule has 0 radical (unpaired) electrons. The molecular weight excluding hydrogens is 328 g/mol. The third-order valence-corrected chi connectivity index (χ3v) is 2.85. The van der Waals surface area contributed by atoms with Crippen LogP contribution in [0.25, 0.3) is 0 Å². The van der Waals surface area contributed by atoms with E-state index in [1.165, 1.54) is 0 Å². The van der Waals surface area contributed by atoms with Crippen molar-refractivity contribution in [2.24, 2.45) is 0 Å². The van der Waals surface area contributed by atoms with Crippen molar-refractivity contribution in [3.63, 3.8) is 0 Å². The Labute approximate surface area is 144 Å². The van der Waals surface area contributed by atoms with Crippen molar-refractivity contribution in [1.82, 2.24) is 21.7 Å². The molecule has 0 aromatic heterocycles. The highest BCUT2D eigenvalue weighted by Gasteiger charge is 2.04. The lowest BCUT2D eigenvalue weighted by atomic mass is 10.3. The van der Waals surface area contributed by atoms with Gasteiger partial charge in [0.1, 0.15) is 0 Å². The molecule has 0 aliphatic rings. The van der Waals surface area contributed by atoms with E-state index in [0.29, 0.717) is 11.4 Å². The molecule has 0 atom stereocenters. The van der Waals surface area contributed by atoms with Crippen molar-refractivity contribution < 1.29 is 9.59 Å². The van der Waals surface area contributed by atoms with E-state index in [4.69, 9.17) is 12.2 Å². The summed E-state index contributed by atoms with van der Waals surface area (Å²) in [6.45, 7) is 0. The van der Waals surface area contributed by atoms with Gasteiger partial charge < -0.3 is 10.6 Å². The number of benzene rings is 2. The molecule has 0 spiro atoms. The smallest absolute Gasteiger partial charge is 0.307 e. The molecule has 24 heavy (non-hydrogen) atoms. The first-order valence-electron chi connectivity index (χ1n) is 6.93. The Morgan fingerprint density at radius 2 is 1.00 bits per heavy atom. The summed E-state index contributed by atoms with van der Waals surface area (Å²) in [6, 6.07) is 16.8. The van der Waals surface area contributed by atoms with Crippen LogP contribution in [0.1, 0.15) is 0 Å². The highest BCUT2D eigenvalue weighted by Crippen LogP contribution is 2.04. The van der Waals surface area contributed by atoms with E-state index < -0.39 is 12.1 Å². The number of thiocarbonyl (C=S) groups is 1. The van der Waals surface area contributed by atoms with Crippen LogP contribution in [0, 0.1) is 0 Å². The summed E-state index contributed by atoms with van der Waals surface area (Å²) in [5.41, 5.74) is 10.8. The van der Waals surface area contributed by atoms with Crippen molar-refractivity contribution in [3.05, 3.63) is 60.7 Å². The van der Waals surface area contributed by atoms with E-state index >= 15 is 0 Å². The number of hydrogen-bond donors (Lipinski definition) is 6. The van der Waals surface area contributed by atoms with Gasteiger partial charge in [0.05, 0.1) is 0 Å². The second kappa shape index (κ2) is 8.96. The van der Waals surface area contributed by atoms with Crippen LogP contribution in [-0.2, 0) is 0 Å². The number of hydrazine groups is 2. The molecule has 9 heteroatoms. The van der Waals surface area contributed by atoms with Crippen molar-refractivity contribution >= 4 is 40.8 Å². The number of carbonyl (C=O) groups is 2. The highest BCUT2D eigenvalue weighted by atomic mass is 32.1. The quantitative estimate of drug-likeness (QED) is 0.369. The normalized spacial score (nSPS) is 9.33. The molecular formula is C15H16N6O2S. The summed E-state index contributed by atoms with van der Waals surface area (Å²) in [5.74, 6) is 0. The second-order valence-electron chi connectivity index (χ2n) is 4.47. The van der Waals surface area contributed by atoms with Crippen LogP contribution >= 0.6 is 12.2 Å². The van der Waals surface area contributed by atoms with Crippen molar-refractivity contribution in [2.45, 2.75) is 0 Å². The van der Waals surface area contributed by atoms with E-state index in [1.807, 2.05) is 12.1 Å². The topological polar surface area (TPSA) is 106 Å². The molecule has 0 aliphatic heterocycles. The number of anilines is 2. The molecule has 4 amide bonds. The largest absolute Gasteiger partial charge is 0.337 e. The van der Waals surface area contributed by atoms with E-state index in [9.17, 15) is 9.59 Å². The molecule has 2 rings (SSSR count). The van der Waals surface area contributed by atoms with Crippen LogP contribution in [0.3, 0.4) is 0 Å². The lowest BCUT2D eigenvalue weighted by Gasteiger charge is -2.13. The number of carbonyl (C=O) groups excluding carboxylic acids is 2. The van der Waals surface area contributed by atoms with Crippen molar-refractivity contribution in [3.8, 4) is 0 Å². The molecule has 0 saturated carbocycles. The number of rotatable bonds is 2. The fourth-order valence-corrected chi connectivity index (χ4v) is 1.73. The third kappa shape index (κ3) is 6.20. The Balaban J connectivity index is 1.64. The monoisotopic (exact) mass is 344 g/mol. The first-order chi connectivity index (χ1) is 11.6. The number of para-hydroxylation sites is 2. The summed E-state index contributed by atoms with van der Waals surface area (Å²) >= 11 is 4.91. The average molecular weight is 344 g/mol. The molecule has 2 aromatic carbocycles. The molecule has 0 saturated heterocycles. The first-order valence-corrected chi connectivity index (χ1v) is 7.34. The van der Waals surface area contributed by atoms with Crippen LogP contribution < -0.4 is 32.3 Å². The molecule has 0 unspecified atom stereocenters. The molecule has 8 nitrogen and oxygen atoms in total. The van der Waals surface area contributed by atoms with Crippen LogP contribution in [0.15, 0.2) is 60.7 Å². The van der Waals surface area contributed by atoms with Gasteiger partial charge in [0.2, 0.25) is 5.11 Å². The molecule has 2 aromatic rings. The molecule has 0 aliphatic carbocycles. The minimum absolute atomic E-state index is 0.0152. The summed E-state index contributed by atoms with van der Waals surface area (Å²) in [6.07, 6.45) is 0. The van der Waals surface area contributed by atoms with Crippen LogP contribution in [0.2, 0.25) is 0 Å². The maximum Gasteiger partial charge on any atom is 0.337 e. The lowest BCUT2D eigenvalue weighted by Crippen LogP contribution is -2.53. The predicted octanol–water partition coefficient (Wildman–Crippen LogP) is 1.92. The third-order valence-electron chi connectivity index (χ3n) is 2.64. The van der Waals surface area contributed by atoms with Gasteiger partial charge in [-0.15, -0.1) is 0 Å². The Bertz CT molecular complexity index is 636. The maximum absolute atomic E-state index is 11.6. The van der Waals surface area contributed by atoms with Crippen molar-refractivity contribution in [2.75, 3.05) is 10.6 Å². The predicted molar refractivity (Wildman–Crippen MR) is 96.1 cm³/mol.